The summed E-state index contributed by atoms with van der Waals surface area (Å²) in [5.74, 6) is 1.47. The fourth-order valence-corrected chi connectivity index (χ4v) is 3.13. The van der Waals surface area contributed by atoms with Crippen molar-refractivity contribution in [1.82, 2.24) is 0 Å². The summed E-state index contributed by atoms with van der Waals surface area (Å²) in [6.07, 6.45) is 0.832. The number of rotatable bonds is 5. The second-order valence-electron chi connectivity index (χ2n) is 4.53. The molecule has 0 fully saturated rings. The van der Waals surface area contributed by atoms with Crippen molar-refractivity contribution in [3.05, 3.63) is 57.0 Å². The van der Waals surface area contributed by atoms with E-state index >= 15 is 0 Å². The monoisotopic (exact) mass is 432 g/mol. The molecule has 0 amide bonds. The highest BCUT2D eigenvalue weighted by atomic mass is 79.9. The number of methoxy groups -OCH3 is 2. The van der Waals surface area contributed by atoms with E-state index in [-0.39, 0.29) is 4.83 Å². The van der Waals surface area contributed by atoms with Crippen LogP contribution in [0.2, 0.25) is 5.02 Å². The summed E-state index contributed by atoms with van der Waals surface area (Å²) in [4.78, 5) is 0.182. The Morgan fingerprint density at radius 3 is 2.38 bits per heavy atom. The van der Waals surface area contributed by atoms with Crippen LogP contribution in [0.1, 0.15) is 16.0 Å². The van der Waals surface area contributed by atoms with E-state index in [0.717, 1.165) is 33.5 Å². The van der Waals surface area contributed by atoms with Crippen molar-refractivity contribution in [3.63, 3.8) is 0 Å². The van der Waals surface area contributed by atoms with Gasteiger partial charge in [0, 0.05) is 9.30 Å². The predicted octanol–water partition coefficient (Wildman–Crippen LogP) is 5.80. The van der Waals surface area contributed by atoms with Gasteiger partial charge in [0.1, 0.15) is 0 Å². The molecular formula is C16H15Br2ClO2. The van der Waals surface area contributed by atoms with Crippen LogP contribution in [-0.2, 0) is 6.42 Å². The molecule has 0 aliphatic heterocycles. The van der Waals surface area contributed by atoms with Gasteiger partial charge >= 0.3 is 0 Å². The fraction of sp³-hybridized carbons (Fsp3) is 0.250. The normalized spacial score (nSPS) is 12.0. The highest BCUT2D eigenvalue weighted by Crippen LogP contribution is 2.34. The number of ether oxygens (including phenoxy) is 2. The predicted molar refractivity (Wildman–Crippen MR) is 94.1 cm³/mol. The van der Waals surface area contributed by atoms with Crippen LogP contribution in [-0.4, -0.2) is 14.2 Å². The van der Waals surface area contributed by atoms with Gasteiger partial charge in [0.25, 0.3) is 0 Å². The molecule has 21 heavy (non-hydrogen) atoms. The number of alkyl halides is 1. The highest BCUT2D eigenvalue weighted by Gasteiger charge is 2.12. The van der Waals surface area contributed by atoms with Gasteiger partial charge in [-0.1, -0.05) is 39.7 Å². The van der Waals surface area contributed by atoms with Crippen molar-refractivity contribution in [3.8, 4) is 11.5 Å². The molecule has 0 aliphatic carbocycles. The summed E-state index contributed by atoms with van der Waals surface area (Å²) in [6.45, 7) is 0. The van der Waals surface area contributed by atoms with Crippen LogP contribution in [0.4, 0.5) is 0 Å². The van der Waals surface area contributed by atoms with E-state index in [9.17, 15) is 0 Å². The van der Waals surface area contributed by atoms with Gasteiger partial charge in [-0.25, -0.2) is 0 Å². The van der Waals surface area contributed by atoms with Crippen molar-refractivity contribution < 1.29 is 9.47 Å². The molecule has 0 spiro atoms. The Bertz CT molecular complexity index is 632. The fourth-order valence-electron chi connectivity index (χ4n) is 2.04. The highest BCUT2D eigenvalue weighted by molar-refractivity contribution is 9.10. The number of benzene rings is 2. The standard InChI is InChI=1S/C16H15Br2ClO2/c1-20-15-6-3-10(8-16(15)21-2)7-13(18)11-4-5-12(17)14(19)9-11/h3-6,8-9,13H,7H2,1-2H3. The zero-order chi connectivity index (χ0) is 15.4. The molecule has 2 aromatic rings. The molecule has 1 atom stereocenters. The molecule has 0 bridgehead atoms. The average Bonchev–Trinajstić information content (AvgIpc) is 2.49. The molecule has 0 aliphatic rings. The van der Waals surface area contributed by atoms with E-state index in [2.05, 4.69) is 37.9 Å². The molecule has 5 heteroatoms. The quantitative estimate of drug-likeness (QED) is 0.554. The largest absolute Gasteiger partial charge is 0.493 e. The third kappa shape index (κ3) is 4.15. The topological polar surface area (TPSA) is 18.5 Å². The number of hydrogen-bond donors (Lipinski definition) is 0. The van der Waals surface area contributed by atoms with Crippen LogP contribution >= 0.6 is 43.5 Å². The van der Waals surface area contributed by atoms with Crippen molar-refractivity contribution >= 4 is 43.5 Å². The third-order valence-corrected chi connectivity index (χ3v) is 5.25. The molecule has 2 nitrogen and oxygen atoms in total. The minimum absolute atomic E-state index is 0.182. The number of hydrogen-bond acceptors (Lipinski definition) is 2. The van der Waals surface area contributed by atoms with Gasteiger partial charge in [0.2, 0.25) is 0 Å². The zero-order valence-corrected chi connectivity index (χ0v) is 15.6. The van der Waals surface area contributed by atoms with Gasteiger partial charge in [-0.2, -0.15) is 0 Å². The second kappa shape index (κ2) is 7.52. The van der Waals surface area contributed by atoms with E-state index in [1.165, 1.54) is 0 Å². The molecule has 0 saturated carbocycles. The van der Waals surface area contributed by atoms with Crippen molar-refractivity contribution in [2.45, 2.75) is 11.2 Å². The van der Waals surface area contributed by atoms with E-state index in [1.807, 2.05) is 30.3 Å². The van der Waals surface area contributed by atoms with Gasteiger partial charge in [0.15, 0.2) is 11.5 Å². The van der Waals surface area contributed by atoms with Crippen LogP contribution in [0.3, 0.4) is 0 Å². The molecule has 2 aromatic carbocycles. The third-order valence-electron chi connectivity index (χ3n) is 3.17. The van der Waals surface area contributed by atoms with Gasteiger partial charge < -0.3 is 9.47 Å². The zero-order valence-electron chi connectivity index (χ0n) is 11.7. The summed E-state index contributed by atoms with van der Waals surface area (Å²) >= 11 is 13.3. The molecular weight excluding hydrogens is 419 g/mol. The Kier molecular flexibility index (Phi) is 5.97. The van der Waals surface area contributed by atoms with Crippen LogP contribution in [0, 0.1) is 0 Å². The maximum Gasteiger partial charge on any atom is 0.160 e. The first kappa shape index (κ1) is 16.7. The summed E-state index contributed by atoms with van der Waals surface area (Å²) in [7, 11) is 3.27. The van der Waals surface area contributed by atoms with Gasteiger partial charge in [-0.15, -0.1) is 0 Å². The van der Waals surface area contributed by atoms with Crippen LogP contribution in [0.25, 0.3) is 0 Å². The Balaban J connectivity index is 2.18. The van der Waals surface area contributed by atoms with Crippen molar-refractivity contribution in [2.75, 3.05) is 14.2 Å². The van der Waals surface area contributed by atoms with Gasteiger partial charge in [-0.05, 0) is 57.7 Å². The lowest BCUT2D eigenvalue weighted by Crippen LogP contribution is -1.97. The van der Waals surface area contributed by atoms with E-state index in [4.69, 9.17) is 21.1 Å². The molecule has 0 saturated heterocycles. The molecule has 0 heterocycles. The van der Waals surface area contributed by atoms with Gasteiger partial charge in [0.05, 0.1) is 19.2 Å². The summed E-state index contributed by atoms with van der Waals surface area (Å²) in [6, 6.07) is 11.9. The minimum Gasteiger partial charge on any atom is -0.493 e. The lowest BCUT2D eigenvalue weighted by molar-refractivity contribution is 0.354. The SMILES string of the molecule is COc1ccc(CC(Br)c2ccc(Br)c(Cl)c2)cc1OC. The smallest absolute Gasteiger partial charge is 0.160 e. The van der Waals surface area contributed by atoms with Gasteiger partial charge in [-0.3, -0.25) is 0 Å². The van der Waals surface area contributed by atoms with E-state index in [0.29, 0.717) is 5.02 Å². The second-order valence-corrected chi connectivity index (χ2v) is 6.90. The molecule has 1 unspecified atom stereocenters. The molecule has 0 aromatic heterocycles. The molecule has 112 valence electrons. The van der Waals surface area contributed by atoms with Crippen LogP contribution in [0.5, 0.6) is 11.5 Å². The van der Waals surface area contributed by atoms with E-state index < -0.39 is 0 Å². The molecule has 2 rings (SSSR count). The first-order chi connectivity index (χ1) is 10.0. The molecule has 0 radical (unpaired) electrons. The average molecular weight is 435 g/mol. The maximum atomic E-state index is 6.14. The first-order valence-electron chi connectivity index (χ1n) is 6.35. The Labute approximate surface area is 146 Å². The Hall–Kier alpha value is -0.710. The maximum absolute atomic E-state index is 6.14. The van der Waals surface area contributed by atoms with Crippen molar-refractivity contribution in [1.29, 1.82) is 0 Å². The molecule has 0 N–H and O–H groups in total. The van der Waals surface area contributed by atoms with Crippen LogP contribution < -0.4 is 9.47 Å². The lowest BCUT2D eigenvalue weighted by atomic mass is 10.0. The number of halogens is 3. The van der Waals surface area contributed by atoms with E-state index in [1.54, 1.807) is 14.2 Å². The van der Waals surface area contributed by atoms with Crippen LogP contribution in [0.15, 0.2) is 40.9 Å². The summed E-state index contributed by atoms with van der Waals surface area (Å²) in [5, 5.41) is 0.712. The Morgan fingerprint density at radius 1 is 1.05 bits per heavy atom. The lowest BCUT2D eigenvalue weighted by Gasteiger charge is -2.13. The minimum atomic E-state index is 0.182. The Morgan fingerprint density at radius 2 is 1.76 bits per heavy atom. The summed E-state index contributed by atoms with van der Waals surface area (Å²) in [5.41, 5.74) is 2.30. The summed E-state index contributed by atoms with van der Waals surface area (Å²) < 4.78 is 11.5. The first-order valence-corrected chi connectivity index (χ1v) is 8.43. The van der Waals surface area contributed by atoms with Crippen molar-refractivity contribution in [2.24, 2.45) is 0 Å².